The Morgan fingerprint density at radius 3 is 1.20 bits per heavy atom. The molecule has 0 heterocycles. The van der Waals surface area contributed by atoms with Crippen LogP contribution < -0.4 is 0 Å². The summed E-state index contributed by atoms with van der Waals surface area (Å²) in [4.78, 5) is 0. The average molecular weight is 372 g/mol. The Bertz CT molecular complexity index is 709. The van der Waals surface area contributed by atoms with Gasteiger partial charge in [-0.3, -0.25) is 0 Å². The van der Waals surface area contributed by atoms with Crippen molar-refractivity contribution >= 4 is 0 Å². The molecule has 0 aliphatic rings. The molecule has 0 nitrogen and oxygen atoms in total. The molecule has 0 fully saturated rings. The standard InChI is InChI=1S/C16H9F9/c17-13(9-1-3-11(4-2-9)15(20,21)22)14(18,19)10-5-7-12(8-6-10)16(23,24)25/h1-8,13H. The third kappa shape index (κ3) is 4.08. The van der Waals surface area contributed by atoms with E-state index in [1.165, 1.54) is 0 Å². The summed E-state index contributed by atoms with van der Waals surface area (Å²) in [6, 6.07) is 3.64. The summed E-state index contributed by atoms with van der Waals surface area (Å²) in [5.74, 6) is -4.22. The van der Waals surface area contributed by atoms with Gasteiger partial charge in [0, 0.05) is 5.56 Å². The van der Waals surface area contributed by atoms with Crippen LogP contribution >= 0.6 is 0 Å². The highest BCUT2D eigenvalue weighted by Gasteiger charge is 2.44. The van der Waals surface area contributed by atoms with Crippen LogP contribution in [0, 0.1) is 0 Å². The van der Waals surface area contributed by atoms with Gasteiger partial charge in [0.2, 0.25) is 0 Å². The van der Waals surface area contributed by atoms with Crippen molar-refractivity contribution in [2.45, 2.75) is 24.4 Å². The van der Waals surface area contributed by atoms with E-state index in [1.807, 2.05) is 0 Å². The van der Waals surface area contributed by atoms with Crippen molar-refractivity contribution in [2.75, 3.05) is 0 Å². The van der Waals surface area contributed by atoms with Crippen LogP contribution in [0.2, 0.25) is 0 Å². The Labute approximate surface area is 135 Å². The molecule has 9 heteroatoms. The normalized spacial score (nSPS) is 14.4. The molecular weight excluding hydrogens is 363 g/mol. The van der Waals surface area contributed by atoms with Crippen molar-refractivity contribution in [3.63, 3.8) is 0 Å². The van der Waals surface area contributed by atoms with Gasteiger partial charge in [-0.05, 0) is 29.8 Å². The number of alkyl halides is 9. The van der Waals surface area contributed by atoms with E-state index in [0.717, 1.165) is 0 Å². The Balaban J connectivity index is 2.29. The molecule has 0 aliphatic heterocycles. The Hall–Kier alpha value is -2.19. The minimum absolute atomic E-state index is 0.378. The van der Waals surface area contributed by atoms with Crippen molar-refractivity contribution in [1.29, 1.82) is 0 Å². The molecule has 0 saturated heterocycles. The number of hydrogen-bond acceptors (Lipinski definition) is 0. The molecule has 0 amide bonds. The maximum atomic E-state index is 14.1. The lowest BCUT2D eigenvalue weighted by molar-refractivity contribution is -0.138. The zero-order chi connectivity index (χ0) is 19.0. The predicted octanol–water partition coefficient (Wildman–Crippen LogP) is 6.53. The maximum Gasteiger partial charge on any atom is 0.416 e. The van der Waals surface area contributed by atoms with Crippen LogP contribution in [0.4, 0.5) is 39.5 Å². The van der Waals surface area contributed by atoms with E-state index in [0.29, 0.717) is 48.5 Å². The fourth-order valence-electron chi connectivity index (χ4n) is 2.08. The van der Waals surface area contributed by atoms with E-state index in [9.17, 15) is 39.5 Å². The van der Waals surface area contributed by atoms with E-state index in [4.69, 9.17) is 0 Å². The fourth-order valence-corrected chi connectivity index (χ4v) is 2.08. The van der Waals surface area contributed by atoms with Crippen LogP contribution in [0.15, 0.2) is 48.5 Å². The molecule has 2 rings (SSSR count). The predicted molar refractivity (Wildman–Crippen MR) is 70.6 cm³/mol. The molecule has 136 valence electrons. The van der Waals surface area contributed by atoms with Gasteiger partial charge in [0.05, 0.1) is 11.1 Å². The number of halogens is 9. The Kier molecular flexibility index (Phi) is 4.80. The topological polar surface area (TPSA) is 0 Å². The third-order valence-electron chi connectivity index (χ3n) is 3.45. The second-order valence-corrected chi connectivity index (χ2v) is 5.18. The van der Waals surface area contributed by atoms with Crippen molar-refractivity contribution < 1.29 is 39.5 Å². The first-order valence-electron chi connectivity index (χ1n) is 6.70. The highest BCUT2D eigenvalue weighted by Crippen LogP contribution is 2.44. The zero-order valence-corrected chi connectivity index (χ0v) is 12.1. The van der Waals surface area contributed by atoms with Crippen molar-refractivity contribution in [2.24, 2.45) is 0 Å². The first kappa shape index (κ1) is 19.1. The molecule has 0 radical (unpaired) electrons. The van der Waals surface area contributed by atoms with Crippen LogP contribution in [-0.4, -0.2) is 0 Å². The van der Waals surface area contributed by atoms with Gasteiger partial charge in [0.1, 0.15) is 0 Å². The van der Waals surface area contributed by atoms with Gasteiger partial charge in [-0.25, -0.2) is 4.39 Å². The molecule has 0 saturated carbocycles. The van der Waals surface area contributed by atoms with E-state index < -0.39 is 46.7 Å². The lowest BCUT2D eigenvalue weighted by Crippen LogP contribution is -2.21. The molecule has 0 aromatic heterocycles. The fraction of sp³-hybridized carbons (Fsp3) is 0.250. The highest BCUT2D eigenvalue weighted by atomic mass is 19.4. The van der Waals surface area contributed by atoms with Crippen molar-refractivity contribution in [3.05, 3.63) is 70.8 Å². The molecule has 0 N–H and O–H groups in total. The van der Waals surface area contributed by atoms with Crippen molar-refractivity contribution in [1.82, 2.24) is 0 Å². The quantitative estimate of drug-likeness (QED) is 0.538. The summed E-state index contributed by atoms with van der Waals surface area (Å²) in [6.07, 6.45) is -12.5. The van der Waals surface area contributed by atoms with Gasteiger partial charge < -0.3 is 0 Å². The second-order valence-electron chi connectivity index (χ2n) is 5.18. The SMILES string of the molecule is FC(c1ccc(C(F)(F)F)cc1)C(F)(F)c1ccc(C(F)(F)F)cc1. The molecule has 2 aromatic rings. The maximum absolute atomic E-state index is 14.1. The van der Waals surface area contributed by atoms with E-state index in [2.05, 4.69) is 0 Å². The summed E-state index contributed by atoms with van der Waals surface area (Å²) in [5, 5.41) is 0. The molecule has 25 heavy (non-hydrogen) atoms. The first-order chi connectivity index (χ1) is 11.3. The van der Waals surface area contributed by atoms with Crippen LogP contribution in [0.5, 0.6) is 0 Å². The number of hydrogen-bond donors (Lipinski definition) is 0. The molecule has 2 aromatic carbocycles. The molecule has 0 spiro atoms. The average Bonchev–Trinajstić information content (AvgIpc) is 2.52. The van der Waals surface area contributed by atoms with Crippen LogP contribution in [-0.2, 0) is 18.3 Å². The largest absolute Gasteiger partial charge is 0.416 e. The Morgan fingerprint density at radius 1 is 0.520 bits per heavy atom. The number of benzene rings is 2. The lowest BCUT2D eigenvalue weighted by Gasteiger charge is -2.22. The van der Waals surface area contributed by atoms with Gasteiger partial charge in [-0.2, -0.15) is 35.1 Å². The van der Waals surface area contributed by atoms with Crippen LogP contribution in [0.1, 0.15) is 28.4 Å². The van der Waals surface area contributed by atoms with E-state index in [-0.39, 0.29) is 0 Å². The summed E-state index contributed by atoms with van der Waals surface area (Å²) in [7, 11) is 0. The van der Waals surface area contributed by atoms with Crippen molar-refractivity contribution in [3.8, 4) is 0 Å². The molecule has 0 bridgehead atoms. The molecule has 0 aliphatic carbocycles. The van der Waals surface area contributed by atoms with Gasteiger partial charge in [-0.1, -0.05) is 24.3 Å². The first-order valence-corrected chi connectivity index (χ1v) is 6.70. The second kappa shape index (κ2) is 6.27. The van der Waals surface area contributed by atoms with Gasteiger partial charge in [-0.15, -0.1) is 0 Å². The van der Waals surface area contributed by atoms with E-state index in [1.54, 1.807) is 0 Å². The van der Waals surface area contributed by atoms with Gasteiger partial charge in [0.25, 0.3) is 0 Å². The zero-order valence-electron chi connectivity index (χ0n) is 12.1. The monoisotopic (exact) mass is 372 g/mol. The van der Waals surface area contributed by atoms with Gasteiger partial charge in [0.15, 0.2) is 6.17 Å². The minimum Gasteiger partial charge on any atom is -0.235 e. The third-order valence-corrected chi connectivity index (χ3v) is 3.45. The summed E-state index contributed by atoms with van der Waals surface area (Å²) in [5.41, 5.74) is -4.07. The molecular formula is C16H9F9. The number of rotatable bonds is 3. The lowest BCUT2D eigenvalue weighted by atomic mass is 9.96. The van der Waals surface area contributed by atoms with Crippen LogP contribution in [0.3, 0.4) is 0 Å². The summed E-state index contributed by atoms with van der Waals surface area (Å²) < 4.78 is 117. The van der Waals surface area contributed by atoms with Gasteiger partial charge >= 0.3 is 18.3 Å². The van der Waals surface area contributed by atoms with Crippen LogP contribution in [0.25, 0.3) is 0 Å². The summed E-state index contributed by atoms with van der Waals surface area (Å²) in [6.45, 7) is 0. The molecule has 1 unspecified atom stereocenters. The highest BCUT2D eigenvalue weighted by molar-refractivity contribution is 5.32. The van der Waals surface area contributed by atoms with E-state index >= 15 is 0 Å². The minimum atomic E-state index is -4.74. The summed E-state index contributed by atoms with van der Waals surface area (Å²) >= 11 is 0. The Morgan fingerprint density at radius 2 is 0.840 bits per heavy atom. The smallest absolute Gasteiger partial charge is 0.235 e. The molecule has 1 atom stereocenters.